The fourth-order valence-electron chi connectivity index (χ4n) is 1.71. The van der Waals surface area contributed by atoms with Gasteiger partial charge in [0, 0.05) is 6.54 Å². The van der Waals surface area contributed by atoms with Crippen LogP contribution in [0.4, 0.5) is 0 Å². The van der Waals surface area contributed by atoms with Gasteiger partial charge in [-0.2, -0.15) is 0 Å². The Labute approximate surface area is 78.0 Å². The van der Waals surface area contributed by atoms with Crippen LogP contribution in [0.2, 0.25) is 0 Å². The third kappa shape index (κ3) is 3.32. The first-order valence-corrected chi connectivity index (χ1v) is 4.76. The van der Waals surface area contributed by atoms with Crippen molar-refractivity contribution >= 4 is 5.91 Å². The highest BCUT2D eigenvalue weighted by molar-refractivity contribution is 5.76. The second-order valence-corrected chi connectivity index (χ2v) is 3.72. The summed E-state index contributed by atoms with van der Waals surface area (Å²) in [6.45, 7) is -0.234. The van der Waals surface area contributed by atoms with Gasteiger partial charge in [-0.3, -0.25) is 4.79 Å². The van der Waals surface area contributed by atoms with E-state index in [2.05, 4.69) is 5.32 Å². The fourth-order valence-corrected chi connectivity index (χ4v) is 1.71. The van der Waals surface area contributed by atoms with E-state index >= 15 is 0 Å². The molecular formula is C9H17NO3. The molecule has 1 saturated carbocycles. The van der Waals surface area contributed by atoms with Crippen molar-refractivity contribution in [3.8, 4) is 0 Å². The minimum absolute atomic E-state index is 0.270. The lowest BCUT2D eigenvalue weighted by atomic mass is 9.85. The van der Waals surface area contributed by atoms with E-state index < -0.39 is 18.1 Å². The summed E-state index contributed by atoms with van der Waals surface area (Å²) in [6, 6.07) is 0. The van der Waals surface area contributed by atoms with Gasteiger partial charge >= 0.3 is 0 Å². The lowest BCUT2D eigenvalue weighted by Gasteiger charge is -2.31. The lowest BCUT2D eigenvalue weighted by molar-refractivity contribution is -0.125. The zero-order chi connectivity index (χ0) is 9.73. The highest BCUT2D eigenvalue weighted by Gasteiger charge is 2.29. The predicted octanol–water partition coefficient (Wildman–Crippen LogP) is -0.210. The Kier molecular flexibility index (Phi) is 3.69. The monoisotopic (exact) mass is 187 g/mol. The first-order chi connectivity index (χ1) is 6.16. The summed E-state index contributed by atoms with van der Waals surface area (Å²) in [6.07, 6.45) is 4.70. The number of carbonyl (C=O) groups is 1. The number of aliphatic hydroxyl groups is 2. The zero-order valence-electron chi connectivity index (χ0n) is 7.75. The molecule has 76 valence electrons. The molecule has 4 heteroatoms. The van der Waals surface area contributed by atoms with Crippen LogP contribution < -0.4 is 5.32 Å². The molecule has 0 radical (unpaired) electrons. The predicted molar refractivity (Wildman–Crippen MR) is 48.1 cm³/mol. The number of amides is 1. The van der Waals surface area contributed by atoms with Crippen LogP contribution in [0, 0.1) is 0 Å². The molecule has 1 aliphatic carbocycles. The molecule has 0 aromatic heterocycles. The molecule has 13 heavy (non-hydrogen) atoms. The Morgan fingerprint density at radius 1 is 1.31 bits per heavy atom. The van der Waals surface area contributed by atoms with Crippen molar-refractivity contribution in [3.63, 3.8) is 0 Å². The van der Waals surface area contributed by atoms with Gasteiger partial charge in [-0.1, -0.05) is 19.3 Å². The number of hydrogen-bond donors (Lipinski definition) is 3. The molecule has 1 amide bonds. The molecule has 0 aromatic carbocycles. The lowest BCUT2D eigenvalue weighted by Crippen LogP contribution is -2.44. The average Bonchev–Trinajstić information content (AvgIpc) is 2.15. The highest BCUT2D eigenvalue weighted by atomic mass is 16.3. The molecular weight excluding hydrogens is 170 g/mol. The largest absolute Gasteiger partial charge is 0.388 e. The van der Waals surface area contributed by atoms with E-state index in [0.29, 0.717) is 0 Å². The number of aliphatic hydroxyl groups excluding tert-OH is 1. The van der Waals surface area contributed by atoms with Crippen molar-refractivity contribution < 1.29 is 15.0 Å². The number of rotatable bonds is 3. The summed E-state index contributed by atoms with van der Waals surface area (Å²) >= 11 is 0. The molecule has 4 nitrogen and oxygen atoms in total. The maximum Gasteiger partial charge on any atom is 0.245 e. The third-order valence-electron chi connectivity index (χ3n) is 2.54. The van der Waals surface area contributed by atoms with Gasteiger partial charge in [0.2, 0.25) is 5.91 Å². The maximum atomic E-state index is 10.7. The Morgan fingerprint density at radius 3 is 2.46 bits per heavy atom. The summed E-state index contributed by atoms with van der Waals surface area (Å²) in [7, 11) is 0. The van der Waals surface area contributed by atoms with E-state index in [1.807, 2.05) is 0 Å². The molecule has 1 aliphatic rings. The summed E-state index contributed by atoms with van der Waals surface area (Å²) < 4.78 is 0. The van der Waals surface area contributed by atoms with Gasteiger partial charge in [0.25, 0.3) is 0 Å². The fraction of sp³-hybridized carbons (Fsp3) is 0.889. The minimum atomic E-state index is -0.733. The summed E-state index contributed by atoms with van der Waals surface area (Å²) in [5.41, 5.74) is -0.733. The smallest absolute Gasteiger partial charge is 0.245 e. The van der Waals surface area contributed by atoms with Gasteiger partial charge in [-0.15, -0.1) is 0 Å². The van der Waals surface area contributed by atoms with Gasteiger partial charge in [-0.25, -0.2) is 0 Å². The Morgan fingerprint density at radius 2 is 1.92 bits per heavy atom. The van der Waals surface area contributed by atoms with Crippen LogP contribution in [-0.4, -0.2) is 34.9 Å². The molecule has 0 aliphatic heterocycles. The van der Waals surface area contributed by atoms with Crippen LogP contribution in [-0.2, 0) is 4.79 Å². The second kappa shape index (κ2) is 4.58. The number of carbonyl (C=O) groups excluding carboxylic acids is 1. The molecule has 0 bridgehead atoms. The van der Waals surface area contributed by atoms with Crippen molar-refractivity contribution in [3.05, 3.63) is 0 Å². The number of hydrogen-bond acceptors (Lipinski definition) is 3. The van der Waals surface area contributed by atoms with Crippen molar-refractivity contribution in [2.24, 2.45) is 0 Å². The van der Waals surface area contributed by atoms with E-state index in [0.717, 1.165) is 32.1 Å². The first-order valence-electron chi connectivity index (χ1n) is 4.76. The standard InChI is InChI=1S/C9H17NO3/c11-6-8(12)10-7-9(13)4-2-1-3-5-9/h11,13H,1-7H2,(H,10,12). The molecule has 1 fully saturated rings. The molecule has 1 rings (SSSR count). The van der Waals surface area contributed by atoms with E-state index in [4.69, 9.17) is 5.11 Å². The van der Waals surface area contributed by atoms with Crippen molar-refractivity contribution in [2.75, 3.05) is 13.2 Å². The molecule has 0 aromatic rings. The SMILES string of the molecule is O=C(CO)NCC1(O)CCCCC1. The Bertz CT molecular complexity index is 176. The number of nitrogens with one attached hydrogen (secondary N) is 1. The van der Waals surface area contributed by atoms with Crippen LogP contribution in [0.25, 0.3) is 0 Å². The first kappa shape index (κ1) is 10.5. The highest BCUT2D eigenvalue weighted by Crippen LogP contribution is 2.27. The van der Waals surface area contributed by atoms with E-state index in [1.54, 1.807) is 0 Å². The van der Waals surface area contributed by atoms with Crippen molar-refractivity contribution in [2.45, 2.75) is 37.7 Å². The molecule has 3 N–H and O–H groups in total. The van der Waals surface area contributed by atoms with E-state index in [1.165, 1.54) is 0 Å². The summed E-state index contributed by atoms with van der Waals surface area (Å²) in [5, 5.41) is 20.9. The summed E-state index contributed by atoms with van der Waals surface area (Å²) in [5.74, 6) is -0.418. The zero-order valence-corrected chi connectivity index (χ0v) is 7.75. The van der Waals surface area contributed by atoms with Crippen molar-refractivity contribution in [1.82, 2.24) is 5.32 Å². The Hall–Kier alpha value is -0.610. The summed E-state index contributed by atoms with van der Waals surface area (Å²) in [4.78, 5) is 10.7. The maximum absolute atomic E-state index is 10.7. The van der Waals surface area contributed by atoms with Crippen LogP contribution in [0.15, 0.2) is 0 Å². The van der Waals surface area contributed by atoms with Gasteiger partial charge in [0.05, 0.1) is 5.60 Å². The molecule has 0 unspecified atom stereocenters. The van der Waals surface area contributed by atoms with Crippen LogP contribution >= 0.6 is 0 Å². The molecule has 0 heterocycles. The molecule has 0 atom stereocenters. The second-order valence-electron chi connectivity index (χ2n) is 3.72. The minimum Gasteiger partial charge on any atom is -0.388 e. The van der Waals surface area contributed by atoms with Crippen LogP contribution in [0.1, 0.15) is 32.1 Å². The van der Waals surface area contributed by atoms with E-state index in [-0.39, 0.29) is 6.54 Å². The van der Waals surface area contributed by atoms with Gasteiger partial charge in [0.1, 0.15) is 6.61 Å². The topological polar surface area (TPSA) is 69.6 Å². The van der Waals surface area contributed by atoms with Crippen LogP contribution in [0.3, 0.4) is 0 Å². The van der Waals surface area contributed by atoms with Gasteiger partial charge in [-0.05, 0) is 12.8 Å². The average molecular weight is 187 g/mol. The Balaban J connectivity index is 2.28. The quantitative estimate of drug-likeness (QED) is 0.572. The van der Waals surface area contributed by atoms with E-state index in [9.17, 15) is 9.90 Å². The molecule has 0 spiro atoms. The molecule has 0 saturated heterocycles. The normalized spacial score (nSPS) is 21.1. The van der Waals surface area contributed by atoms with Gasteiger partial charge in [0.15, 0.2) is 0 Å². The van der Waals surface area contributed by atoms with Crippen LogP contribution in [0.5, 0.6) is 0 Å². The third-order valence-corrected chi connectivity index (χ3v) is 2.54. The van der Waals surface area contributed by atoms with Gasteiger partial charge < -0.3 is 15.5 Å². The van der Waals surface area contributed by atoms with Crippen molar-refractivity contribution in [1.29, 1.82) is 0 Å².